The maximum atomic E-state index is 13.4. The molecule has 1 aromatic carbocycles. The molecule has 0 radical (unpaired) electrons. The Morgan fingerprint density at radius 2 is 1.78 bits per heavy atom. The van der Waals surface area contributed by atoms with Gasteiger partial charge in [-0.1, -0.05) is 12.1 Å². The lowest BCUT2D eigenvalue weighted by Gasteiger charge is -2.02. The second-order valence-electron chi connectivity index (χ2n) is 7.25. The van der Waals surface area contributed by atoms with Crippen LogP contribution < -0.4 is 0 Å². The van der Waals surface area contributed by atoms with Crippen molar-refractivity contribution < 1.29 is 9.50 Å². The summed E-state index contributed by atoms with van der Waals surface area (Å²) in [5.41, 5.74) is 6.17. The molecule has 8 nitrogen and oxygen atoms in total. The van der Waals surface area contributed by atoms with Gasteiger partial charge < -0.3 is 10.1 Å². The number of nitrogens with zero attached hydrogens (tertiary/aromatic N) is 5. The molecule has 0 aliphatic carbocycles. The first-order valence-electron chi connectivity index (χ1n) is 9.76. The van der Waals surface area contributed by atoms with Gasteiger partial charge in [-0.15, -0.1) is 0 Å². The van der Waals surface area contributed by atoms with Crippen molar-refractivity contribution in [3.63, 3.8) is 0 Å². The molecule has 0 aliphatic heterocycles. The Kier molecular flexibility index (Phi) is 3.94. The fourth-order valence-corrected chi connectivity index (χ4v) is 3.69. The average molecular weight is 423 g/mol. The third-order valence-electron chi connectivity index (χ3n) is 5.20. The van der Waals surface area contributed by atoms with E-state index in [1.165, 1.54) is 18.3 Å². The maximum absolute atomic E-state index is 13.4. The van der Waals surface area contributed by atoms with Gasteiger partial charge in [-0.05, 0) is 42.0 Å². The van der Waals surface area contributed by atoms with Gasteiger partial charge in [0.1, 0.15) is 17.1 Å². The van der Waals surface area contributed by atoms with Crippen LogP contribution in [0.4, 0.5) is 4.39 Å². The van der Waals surface area contributed by atoms with Crippen molar-refractivity contribution in [3.8, 4) is 39.7 Å². The standard InChI is InChI=1S/C23H14FN7O/c24-14-3-1-12(2-4-14)16-7-8-26-22-19(16)28-23(29-22)21-20-18(30-31-21)6-5-17(27-20)13-9-15(32)11-25-10-13/h1-11,32H,(H,30,31)(H,26,28,29). The summed E-state index contributed by atoms with van der Waals surface area (Å²) < 4.78 is 13.4. The summed E-state index contributed by atoms with van der Waals surface area (Å²) in [7, 11) is 0. The molecule has 0 saturated heterocycles. The highest BCUT2D eigenvalue weighted by Crippen LogP contribution is 2.31. The molecule has 0 spiro atoms. The first kappa shape index (κ1) is 18.1. The molecule has 154 valence electrons. The number of nitrogens with one attached hydrogen (secondary N) is 2. The van der Waals surface area contributed by atoms with Gasteiger partial charge in [-0.3, -0.25) is 10.1 Å². The Bertz CT molecular complexity index is 1600. The Morgan fingerprint density at radius 3 is 2.62 bits per heavy atom. The van der Waals surface area contributed by atoms with Crippen molar-refractivity contribution in [1.82, 2.24) is 35.1 Å². The topological polar surface area (TPSA) is 116 Å². The zero-order chi connectivity index (χ0) is 21.7. The van der Waals surface area contributed by atoms with Gasteiger partial charge in [0.05, 0.1) is 22.9 Å². The van der Waals surface area contributed by atoms with E-state index in [0.29, 0.717) is 33.9 Å². The summed E-state index contributed by atoms with van der Waals surface area (Å²) in [5, 5.41) is 17.1. The largest absolute Gasteiger partial charge is 0.506 e. The van der Waals surface area contributed by atoms with Crippen LogP contribution in [0.1, 0.15) is 0 Å². The van der Waals surface area contributed by atoms with Crippen LogP contribution in [-0.2, 0) is 0 Å². The van der Waals surface area contributed by atoms with Crippen LogP contribution in [0.3, 0.4) is 0 Å². The molecule has 9 heteroatoms. The zero-order valence-corrected chi connectivity index (χ0v) is 16.4. The van der Waals surface area contributed by atoms with Crippen LogP contribution in [0.15, 0.2) is 67.1 Å². The summed E-state index contributed by atoms with van der Waals surface area (Å²) in [6, 6.07) is 13.4. The van der Waals surface area contributed by atoms with Crippen LogP contribution in [0.25, 0.3) is 56.1 Å². The smallest absolute Gasteiger partial charge is 0.178 e. The van der Waals surface area contributed by atoms with Crippen molar-refractivity contribution >= 4 is 22.2 Å². The summed E-state index contributed by atoms with van der Waals surface area (Å²) in [6.07, 6.45) is 4.67. The lowest BCUT2D eigenvalue weighted by atomic mass is 10.1. The van der Waals surface area contributed by atoms with Crippen LogP contribution in [-0.4, -0.2) is 40.2 Å². The number of imidazole rings is 1. The number of H-pyrrole nitrogens is 2. The number of halogens is 1. The third-order valence-corrected chi connectivity index (χ3v) is 5.20. The van der Waals surface area contributed by atoms with Crippen molar-refractivity contribution in [1.29, 1.82) is 0 Å². The molecule has 5 heterocycles. The number of fused-ring (bicyclic) bond motifs is 2. The zero-order valence-electron chi connectivity index (χ0n) is 16.4. The molecule has 5 aromatic heterocycles. The normalized spacial score (nSPS) is 11.4. The molecule has 0 fully saturated rings. The Labute approximate surface area is 179 Å². The molecule has 0 amide bonds. The molecule has 0 saturated carbocycles. The van der Waals surface area contributed by atoms with Crippen LogP contribution in [0, 0.1) is 5.82 Å². The minimum atomic E-state index is -0.295. The van der Waals surface area contributed by atoms with E-state index in [1.807, 2.05) is 18.2 Å². The van der Waals surface area contributed by atoms with E-state index >= 15 is 0 Å². The predicted octanol–water partition coefficient (Wildman–Crippen LogP) is 4.47. The molecule has 6 aromatic rings. The maximum Gasteiger partial charge on any atom is 0.178 e. The second-order valence-corrected chi connectivity index (χ2v) is 7.25. The Balaban J connectivity index is 1.50. The number of hydrogen-bond acceptors (Lipinski definition) is 6. The summed E-state index contributed by atoms with van der Waals surface area (Å²) >= 11 is 0. The molecular weight excluding hydrogens is 409 g/mol. The van der Waals surface area contributed by atoms with Gasteiger partial charge in [-0.2, -0.15) is 5.10 Å². The number of benzene rings is 1. The quantitative estimate of drug-likeness (QED) is 0.387. The third kappa shape index (κ3) is 2.95. The van der Waals surface area contributed by atoms with Gasteiger partial charge in [0.2, 0.25) is 0 Å². The van der Waals surface area contributed by atoms with Crippen LogP contribution in [0.5, 0.6) is 5.75 Å². The highest BCUT2D eigenvalue weighted by Gasteiger charge is 2.17. The number of aromatic nitrogens is 7. The van der Waals surface area contributed by atoms with E-state index in [-0.39, 0.29) is 11.6 Å². The fourth-order valence-electron chi connectivity index (χ4n) is 3.69. The van der Waals surface area contributed by atoms with Crippen molar-refractivity contribution in [2.24, 2.45) is 0 Å². The van der Waals surface area contributed by atoms with Gasteiger partial charge in [0.15, 0.2) is 17.2 Å². The van der Waals surface area contributed by atoms with Gasteiger partial charge in [0.25, 0.3) is 0 Å². The SMILES string of the molecule is Oc1cncc(-c2ccc3[nH]nc(-c4nc5nccc(-c6ccc(F)cc6)c5[nH]4)c3n2)c1. The summed E-state index contributed by atoms with van der Waals surface area (Å²) in [5.74, 6) is 0.275. The van der Waals surface area contributed by atoms with E-state index in [2.05, 4.69) is 30.1 Å². The van der Waals surface area contributed by atoms with Crippen molar-refractivity contribution in [2.45, 2.75) is 0 Å². The molecular formula is C23H14FN7O. The number of aromatic hydroxyl groups is 1. The van der Waals surface area contributed by atoms with E-state index < -0.39 is 0 Å². The number of aromatic amines is 2. The molecule has 0 aliphatic rings. The molecule has 0 unspecified atom stereocenters. The predicted molar refractivity (Wildman–Crippen MR) is 117 cm³/mol. The number of pyridine rings is 3. The fraction of sp³-hybridized carbons (Fsp3) is 0. The van der Waals surface area contributed by atoms with Crippen molar-refractivity contribution in [2.75, 3.05) is 0 Å². The van der Waals surface area contributed by atoms with Gasteiger partial charge in [0, 0.05) is 23.5 Å². The Morgan fingerprint density at radius 1 is 0.906 bits per heavy atom. The van der Waals surface area contributed by atoms with E-state index in [9.17, 15) is 9.50 Å². The highest BCUT2D eigenvalue weighted by molar-refractivity contribution is 5.94. The monoisotopic (exact) mass is 423 g/mol. The van der Waals surface area contributed by atoms with Gasteiger partial charge >= 0.3 is 0 Å². The molecule has 32 heavy (non-hydrogen) atoms. The minimum absolute atomic E-state index is 0.0634. The molecule has 6 rings (SSSR count). The molecule has 0 bridgehead atoms. The Hall–Kier alpha value is -4.66. The van der Waals surface area contributed by atoms with Gasteiger partial charge in [-0.25, -0.2) is 19.3 Å². The lowest BCUT2D eigenvalue weighted by molar-refractivity contribution is 0.473. The second kappa shape index (κ2) is 6.95. The number of hydrogen-bond donors (Lipinski definition) is 3. The summed E-state index contributed by atoms with van der Waals surface area (Å²) in [4.78, 5) is 21.0. The lowest BCUT2D eigenvalue weighted by Crippen LogP contribution is -1.87. The molecule has 3 N–H and O–H groups in total. The van der Waals surface area contributed by atoms with E-state index in [0.717, 1.165) is 22.2 Å². The summed E-state index contributed by atoms with van der Waals surface area (Å²) in [6.45, 7) is 0. The van der Waals surface area contributed by atoms with Crippen molar-refractivity contribution in [3.05, 3.63) is 72.9 Å². The minimum Gasteiger partial charge on any atom is -0.506 e. The average Bonchev–Trinajstić information content (AvgIpc) is 3.43. The van der Waals surface area contributed by atoms with Crippen LogP contribution >= 0.6 is 0 Å². The first-order chi connectivity index (χ1) is 15.7. The van der Waals surface area contributed by atoms with E-state index in [1.54, 1.807) is 30.6 Å². The molecule has 0 atom stereocenters. The van der Waals surface area contributed by atoms with Crippen LogP contribution in [0.2, 0.25) is 0 Å². The van der Waals surface area contributed by atoms with E-state index in [4.69, 9.17) is 4.98 Å². The number of rotatable bonds is 3. The first-order valence-corrected chi connectivity index (χ1v) is 9.76. The highest BCUT2D eigenvalue weighted by atomic mass is 19.1.